The summed E-state index contributed by atoms with van der Waals surface area (Å²) in [5, 5.41) is 0. The Kier molecular flexibility index (Phi) is 12.6. The molecule has 0 saturated carbocycles. The van der Waals surface area contributed by atoms with Crippen molar-refractivity contribution >= 4 is 11.9 Å². The van der Waals surface area contributed by atoms with Crippen molar-refractivity contribution in [2.24, 2.45) is 0 Å². The molecule has 0 amide bonds. The number of carbonyl (C=O) groups excluding carboxylic acids is 2. The summed E-state index contributed by atoms with van der Waals surface area (Å²) >= 11 is 0. The molecular formula is C15H28O4. The summed E-state index contributed by atoms with van der Waals surface area (Å²) in [6, 6.07) is 0. The second kappa shape index (κ2) is 13.4. The zero-order valence-corrected chi connectivity index (χ0v) is 12.4. The Balaban J connectivity index is 3.27. The summed E-state index contributed by atoms with van der Waals surface area (Å²) in [6.45, 7) is 4.93. The molecule has 4 nitrogen and oxygen atoms in total. The fourth-order valence-corrected chi connectivity index (χ4v) is 1.74. The fraction of sp³-hybridized carbons (Fsp3) is 0.867. The zero-order valence-electron chi connectivity index (χ0n) is 12.4. The molecular weight excluding hydrogens is 244 g/mol. The maximum absolute atomic E-state index is 11.4. The number of ether oxygens (including phenoxy) is 2. The number of rotatable bonds is 12. The van der Waals surface area contributed by atoms with Crippen molar-refractivity contribution in [1.29, 1.82) is 0 Å². The Morgan fingerprint density at radius 2 is 1.32 bits per heavy atom. The van der Waals surface area contributed by atoms with E-state index in [4.69, 9.17) is 9.47 Å². The van der Waals surface area contributed by atoms with E-state index in [0.717, 1.165) is 32.1 Å². The maximum atomic E-state index is 11.4. The van der Waals surface area contributed by atoms with Gasteiger partial charge in [-0.3, -0.25) is 9.59 Å². The van der Waals surface area contributed by atoms with Gasteiger partial charge in [0, 0.05) is 12.8 Å². The van der Waals surface area contributed by atoms with E-state index >= 15 is 0 Å². The van der Waals surface area contributed by atoms with E-state index in [1.807, 2.05) is 0 Å². The standard InChI is InChI=1S/C15H28O4/c1-3-5-6-10-13-19-15(17)12-9-7-8-11-14(16)18-4-2/h3-13H2,1-2H3. The van der Waals surface area contributed by atoms with Crippen LogP contribution in [0.4, 0.5) is 0 Å². The lowest BCUT2D eigenvalue weighted by Gasteiger charge is -2.04. The van der Waals surface area contributed by atoms with Crippen LogP contribution in [-0.2, 0) is 19.1 Å². The van der Waals surface area contributed by atoms with Crippen molar-refractivity contribution in [2.75, 3.05) is 13.2 Å². The highest BCUT2D eigenvalue weighted by atomic mass is 16.5. The number of carbonyl (C=O) groups is 2. The first-order valence-corrected chi connectivity index (χ1v) is 7.52. The fourth-order valence-electron chi connectivity index (χ4n) is 1.74. The van der Waals surface area contributed by atoms with Gasteiger partial charge in [-0.2, -0.15) is 0 Å². The molecule has 0 saturated heterocycles. The molecule has 0 spiro atoms. The molecule has 0 unspecified atom stereocenters. The monoisotopic (exact) mass is 272 g/mol. The number of esters is 2. The second-order valence-corrected chi connectivity index (χ2v) is 4.65. The van der Waals surface area contributed by atoms with Crippen LogP contribution < -0.4 is 0 Å². The van der Waals surface area contributed by atoms with Crippen LogP contribution in [0.3, 0.4) is 0 Å². The number of hydrogen-bond acceptors (Lipinski definition) is 4. The SMILES string of the molecule is CCCCCCOC(=O)CCCCCC(=O)OCC. The topological polar surface area (TPSA) is 52.6 Å². The first-order valence-electron chi connectivity index (χ1n) is 7.52. The Bertz CT molecular complexity index is 238. The van der Waals surface area contributed by atoms with E-state index in [0.29, 0.717) is 26.1 Å². The lowest BCUT2D eigenvalue weighted by Crippen LogP contribution is -2.06. The third-order valence-corrected chi connectivity index (χ3v) is 2.83. The van der Waals surface area contributed by atoms with Crippen molar-refractivity contribution in [1.82, 2.24) is 0 Å². The Hall–Kier alpha value is -1.06. The number of hydrogen-bond donors (Lipinski definition) is 0. The van der Waals surface area contributed by atoms with E-state index in [1.165, 1.54) is 12.8 Å². The van der Waals surface area contributed by atoms with Crippen molar-refractivity contribution in [2.45, 2.75) is 71.6 Å². The second-order valence-electron chi connectivity index (χ2n) is 4.65. The molecule has 0 aliphatic carbocycles. The lowest BCUT2D eigenvalue weighted by molar-refractivity contribution is -0.144. The van der Waals surface area contributed by atoms with Crippen LogP contribution in [0.15, 0.2) is 0 Å². The minimum absolute atomic E-state index is 0.118. The predicted octanol–water partition coefficient (Wildman–Crippen LogP) is 3.62. The van der Waals surface area contributed by atoms with Crippen LogP contribution in [0.5, 0.6) is 0 Å². The van der Waals surface area contributed by atoms with Crippen LogP contribution in [0, 0.1) is 0 Å². The number of unbranched alkanes of at least 4 members (excludes halogenated alkanes) is 5. The summed E-state index contributed by atoms with van der Waals surface area (Å²) in [6.07, 6.45) is 7.81. The van der Waals surface area contributed by atoms with Crippen LogP contribution in [0.25, 0.3) is 0 Å². The highest BCUT2D eigenvalue weighted by molar-refractivity contribution is 5.69. The first-order chi connectivity index (χ1) is 9.20. The summed E-state index contributed by atoms with van der Waals surface area (Å²) in [4.78, 5) is 22.4. The van der Waals surface area contributed by atoms with Crippen molar-refractivity contribution < 1.29 is 19.1 Å². The predicted molar refractivity (Wildman–Crippen MR) is 74.8 cm³/mol. The van der Waals surface area contributed by atoms with Crippen molar-refractivity contribution in [3.8, 4) is 0 Å². The lowest BCUT2D eigenvalue weighted by atomic mass is 10.1. The van der Waals surface area contributed by atoms with E-state index in [1.54, 1.807) is 6.92 Å². The van der Waals surface area contributed by atoms with Gasteiger partial charge < -0.3 is 9.47 Å². The largest absolute Gasteiger partial charge is 0.466 e. The van der Waals surface area contributed by atoms with Crippen LogP contribution in [0.1, 0.15) is 71.6 Å². The summed E-state index contributed by atoms with van der Waals surface area (Å²) in [5.74, 6) is -0.270. The van der Waals surface area contributed by atoms with Gasteiger partial charge in [0.15, 0.2) is 0 Å². The minimum atomic E-state index is -0.152. The molecule has 0 rings (SSSR count). The molecule has 0 heterocycles. The van der Waals surface area contributed by atoms with Crippen LogP contribution in [-0.4, -0.2) is 25.2 Å². The molecule has 0 aliphatic rings. The highest BCUT2D eigenvalue weighted by Crippen LogP contribution is 2.06. The molecule has 0 aliphatic heterocycles. The molecule has 4 heteroatoms. The van der Waals surface area contributed by atoms with Gasteiger partial charge in [-0.15, -0.1) is 0 Å². The van der Waals surface area contributed by atoms with E-state index in [2.05, 4.69) is 6.92 Å². The summed E-state index contributed by atoms with van der Waals surface area (Å²) in [7, 11) is 0. The van der Waals surface area contributed by atoms with Crippen LogP contribution >= 0.6 is 0 Å². The molecule has 19 heavy (non-hydrogen) atoms. The highest BCUT2D eigenvalue weighted by Gasteiger charge is 2.04. The summed E-state index contributed by atoms with van der Waals surface area (Å²) in [5.41, 5.74) is 0. The van der Waals surface area contributed by atoms with E-state index < -0.39 is 0 Å². The van der Waals surface area contributed by atoms with Gasteiger partial charge in [0.1, 0.15) is 0 Å². The molecule has 0 aromatic heterocycles. The Labute approximate surface area is 116 Å². The van der Waals surface area contributed by atoms with Crippen LogP contribution in [0.2, 0.25) is 0 Å². The maximum Gasteiger partial charge on any atom is 0.305 e. The average Bonchev–Trinajstić information content (AvgIpc) is 2.38. The van der Waals surface area contributed by atoms with Gasteiger partial charge in [0.05, 0.1) is 13.2 Å². The van der Waals surface area contributed by atoms with Gasteiger partial charge in [-0.1, -0.05) is 32.6 Å². The molecule has 0 bridgehead atoms. The molecule has 0 aromatic carbocycles. The molecule has 0 N–H and O–H groups in total. The molecule has 0 aromatic rings. The first kappa shape index (κ1) is 17.9. The quantitative estimate of drug-likeness (QED) is 0.402. The smallest absolute Gasteiger partial charge is 0.305 e. The summed E-state index contributed by atoms with van der Waals surface area (Å²) < 4.78 is 9.95. The van der Waals surface area contributed by atoms with Gasteiger partial charge >= 0.3 is 11.9 Å². The van der Waals surface area contributed by atoms with Gasteiger partial charge in [-0.25, -0.2) is 0 Å². The van der Waals surface area contributed by atoms with Gasteiger partial charge in [-0.05, 0) is 26.2 Å². The molecule has 0 radical (unpaired) electrons. The third-order valence-electron chi connectivity index (χ3n) is 2.83. The Morgan fingerprint density at radius 3 is 1.89 bits per heavy atom. The van der Waals surface area contributed by atoms with Crippen molar-refractivity contribution in [3.05, 3.63) is 0 Å². The third kappa shape index (κ3) is 13.2. The zero-order chi connectivity index (χ0) is 14.3. The van der Waals surface area contributed by atoms with E-state index in [-0.39, 0.29) is 11.9 Å². The van der Waals surface area contributed by atoms with Crippen molar-refractivity contribution in [3.63, 3.8) is 0 Å². The molecule has 112 valence electrons. The average molecular weight is 272 g/mol. The van der Waals surface area contributed by atoms with E-state index in [9.17, 15) is 9.59 Å². The van der Waals surface area contributed by atoms with Gasteiger partial charge in [0.25, 0.3) is 0 Å². The normalized spacial score (nSPS) is 10.2. The van der Waals surface area contributed by atoms with Gasteiger partial charge in [0.2, 0.25) is 0 Å². The minimum Gasteiger partial charge on any atom is -0.466 e. The Morgan fingerprint density at radius 1 is 0.737 bits per heavy atom. The molecule has 0 atom stereocenters. The molecule has 0 fully saturated rings.